The third-order valence-corrected chi connectivity index (χ3v) is 6.84. The number of carbonyl (C=O) groups is 1. The van der Waals surface area contributed by atoms with E-state index < -0.39 is 0 Å². The summed E-state index contributed by atoms with van der Waals surface area (Å²) >= 11 is 0. The molecule has 0 spiro atoms. The Bertz CT molecular complexity index is 784. The lowest BCUT2D eigenvalue weighted by molar-refractivity contribution is 0.0255. The van der Waals surface area contributed by atoms with Gasteiger partial charge in [0, 0.05) is 25.2 Å². The zero-order valence-corrected chi connectivity index (χ0v) is 14.2. The Balaban J connectivity index is 1.49. The average molecular weight is 324 g/mol. The highest BCUT2D eigenvalue weighted by molar-refractivity contribution is 6.07. The molecular formula is C19H24N4O. The summed E-state index contributed by atoms with van der Waals surface area (Å²) in [5, 5.41) is 8.31. The third-order valence-electron chi connectivity index (χ3n) is 6.84. The monoisotopic (exact) mass is 324 g/mol. The molecule has 2 aliphatic carbocycles. The molecule has 0 aromatic carbocycles. The summed E-state index contributed by atoms with van der Waals surface area (Å²) in [5.74, 6) is 2.61. The Labute approximate surface area is 141 Å². The number of aromatic nitrogens is 3. The molecule has 2 bridgehead atoms. The Morgan fingerprint density at radius 3 is 2.83 bits per heavy atom. The predicted octanol–water partition coefficient (Wildman–Crippen LogP) is 3.17. The summed E-state index contributed by atoms with van der Waals surface area (Å²) in [6.45, 7) is 3.21. The van der Waals surface area contributed by atoms with Crippen LogP contribution in [0.5, 0.6) is 0 Å². The van der Waals surface area contributed by atoms with E-state index >= 15 is 0 Å². The quantitative estimate of drug-likeness (QED) is 0.876. The second-order valence-electron chi connectivity index (χ2n) is 7.94. The van der Waals surface area contributed by atoms with Crippen molar-refractivity contribution in [1.29, 1.82) is 0 Å². The van der Waals surface area contributed by atoms with Gasteiger partial charge in [0.25, 0.3) is 5.91 Å². The molecular weight excluding hydrogens is 300 g/mol. The summed E-state index contributed by atoms with van der Waals surface area (Å²) in [5.41, 5.74) is 2.52. The number of nitrogens with zero attached hydrogens (tertiary/aromatic N) is 3. The number of amides is 1. The highest BCUT2D eigenvalue weighted by Crippen LogP contribution is 2.46. The van der Waals surface area contributed by atoms with E-state index in [1.807, 2.05) is 6.07 Å². The van der Waals surface area contributed by atoms with E-state index in [9.17, 15) is 4.79 Å². The van der Waals surface area contributed by atoms with Crippen molar-refractivity contribution in [2.75, 3.05) is 6.54 Å². The molecule has 5 nitrogen and oxygen atoms in total. The van der Waals surface area contributed by atoms with Crippen LogP contribution < -0.4 is 0 Å². The van der Waals surface area contributed by atoms with Gasteiger partial charge in [0.2, 0.25) is 0 Å². The van der Waals surface area contributed by atoms with Crippen molar-refractivity contribution in [3.63, 3.8) is 0 Å². The maximum absolute atomic E-state index is 13.3. The Morgan fingerprint density at radius 1 is 1.25 bits per heavy atom. The lowest BCUT2D eigenvalue weighted by atomic mass is 9.63. The molecule has 2 aromatic rings. The molecule has 0 radical (unpaired) electrons. The normalized spacial score (nSPS) is 32.9. The van der Waals surface area contributed by atoms with Crippen LogP contribution in [0.4, 0.5) is 0 Å². The number of rotatable bonds is 1. The standard InChI is InChI=1S/C19H24N4O/c1-11-12-3-2-4-13(11)10-14(9-12)23-8-6-16-17-15(19(23)24)5-7-20-18(17)22-21-16/h5,7,11-14H,2-4,6,8-10H2,1H3,(H,20,21,22). The molecule has 2 saturated carbocycles. The highest BCUT2D eigenvalue weighted by Gasteiger charge is 2.41. The van der Waals surface area contributed by atoms with Crippen LogP contribution in [0.3, 0.4) is 0 Å². The first-order valence-electron chi connectivity index (χ1n) is 9.35. The molecule has 2 atom stereocenters. The number of fused-ring (bicyclic) bond motifs is 2. The molecule has 126 valence electrons. The third kappa shape index (κ3) is 2.03. The van der Waals surface area contributed by atoms with Crippen molar-refractivity contribution in [3.05, 3.63) is 23.5 Å². The predicted molar refractivity (Wildman–Crippen MR) is 91.6 cm³/mol. The molecule has 5 rings (SSSR count). The van der Waals surface area contributed by atoms with Gasteiger partial charge in [-0.3, -0.25) is 9.89 Å². The van der Waals surface area contributed by atoms with Gasteiger partial charge in [-0.25, -0.2) is 4.98 Å². The largest absolute Gasteiger partial charge is 0.335 e. The lowest BCUT2D eigenvalue weighted by Gasteiger charge is -2.47. The van der Waals surface area contributed by atoms with Crippen LogP contribution in [-0.2, 0) is 6.42 Å². The van der Waals surface area contributed by atoms with Crippen LogP contribution in [-0.4, -0.2) is 38.6 Å². The minimum Gasteiger partial charge on any atom is -0.335 e. The van der Waals surface area contributed by atoms with Gasteiger partial charge >= 0.3 is 0 Å². The zero-order chi connectivity index (χ0) is 16.3. The van der Waals surface area contributed by atoms with Gasteiger partial charge in [-0.05, 0) is 36.7 Å². The second kappa shape index (κ2) is 5.30. The van der Waals surface area contributed by atoms with Gasteiger partial charge in [-0.15, -0.1) is 0 Å². The van der Waals surface area contributed by atoms with Gasteiger partial charge < -0.3 is 4.90 Å². The van der Waals surface area contributed by atoms with Gasteiger partial charge in [0.15, 0.2) is 5.65 Å². The van der Waals surface area contributed by atoms with E-state index in [-0.39, 0.29) is 5.91 Å². The first-order chi connectivity index (χ1) is 11.7. The van der Waals surface area contributed by atoms with Crippen LogP contribution >= 0.6 is 0 Å². The number of carbonyl (C=O) groups excluding carboxylic acids is 1. The fourth-order valence-electron chi connectivity index (χ4n) is 5.47. The summed E-state index contributed by atoms with van der Waals surface area (Å²) in [6, 6.07) is 2.27. The summed E-state index contributed by atoms with van der Waals surface area (Å²) < 4.78 is 0. The number of H-pyrrole nitrogens is 1. The molecule has 2 fully saturated rings. The summed E-state index contributed by atoms with van der Waals surface area (Å²) in [7, 11) is 0. The maximum Gasteiger partial charge on any atom is 0.254 e. The Hall–Kier alpha value is -1.91. The fraction of sp³-hybridized carbons (Fsp3) is 0.632. The summed E-state index contributed by atoms with van der Waals surface area (Å²) in [4.78, 5) is 19.8. The fourth-order valence-corrected chi connectivity index (χ4v) is 5.47. The Kier molecular flexibility index (Phi) is 3.19. The molecule has 24 heavy (non-hydrogen) atoms. The average Bonchev–Trinajstić information content (AvgIpc) is 2.92. The van der Waals surface area contributed by atoms with Crippen LogP contribution in [0.2, 0.25) is 0 Å². The van der Waals surface area contributed by atoms with Crippen LogP contribution in [0, 0.1) is 17.8 Å². The van der Waals surface area contributed by atoms with Gasteiger partial charge in [0.05, 0.1) is 16.6 Å². The second-order valence-corrected chi connectivity index (χ2v) is 7.94. The first kappa shape index (κ1) is 14.4. The van der Waals surface area contributed by atoms with Gasteiger partial charge in [-0.2, -0.15) is 5.10 Å². The first-order valence-corrected chi connectivity index (χ1v) is 9.35. The molecule has 1 aliphatic heterocycles. The van der Waals surface area contributed by atoms with Crippen LogP contribution in [0.25, 0.3) is 11.0 Å². The van der Waals surface area contributed by atoms with Crippen molar-refractivity contribution >= 4 is 16.9 Å². The molecule has 3 aliphatic rings. The molecule has 2 unspecified atom stereocenters. The van der Waals surface area contributed by atoms with Gasteiger partial charge in [0.1, 0.15) is 0 Å². The van der Waals surface area contributed by atoms with E-state index in [1.54, 1.807) is 6.20 Å². The smallest absolute Gasteiger partial charge is 0.254 e. The molecule has 1 N–H and O–H groups in total. The number of hydrogen-bond acceptors (Lipinski definition) is 3. The zero-order valence-electron chi connectivity index (χ0n) is 14.2. The molecule has 0 saturated heterocycles. The topological polar surface area (TPSA) is 61.9 Å². The van der Waals surface area contributed by atoms with E-state index in [0.29, 0.717) is 6.04 Å². The van der Waals surface area contributed by atoms with Crippen molar-refractivity contribution in [2.24, 2.45) is 17.8 Å². The summed E-state index contributed by atoms with van der Waals surface area (Å²) in [6.07, 6.45) is 8.98. The molecule has 3 heterocycles. The van der Waals surface area contributed by atoms with Gasteiger partial charge in [-0.1, -0.05) is 26.2 Å². The number of hydrogen-bond donors (Lipinski definition) is 1. The van der Waals surface area contributed by atoms with Crippen molar-refractivity contribution < 1.29 is 4.79 Å². The van der Waals surface area contributed by atoms with Crippen molar-refractivity contribution in [2.45, 2.75) is 51.5 Å². The Morgan fingerprint density at radius 2 is 2.04 bits per heavy atom. The number of nitrogens with one attached hydrogen (secondary N) is 1. The van der Waals surface area contributed by atoms with Crippen LogP contribution in [0.1, 0.15) is 55.1 Å². The minimum atomic E-state index is 0.181. The van der Waals surface area contributed by atoms with Crippen molar-refractivity contribution in [3.8, 4) is 0 Å². The van der Waals surface area contributed by atoms with Crippen molar-refractivity contribution in [1.82, 2.24) is 20.1 Å². The minimum absolute atomic E-state index is 0.181. The van der Waals surface area contributed by atoms with Crippen LogP contribution in [0.15, 0.2) is 12.3 Å². The van der Waals surface area contributed by atoms with E-state index in [4.69, 9.17) is 0 Å². The molecule has 5 heteroatoms. The van der Waals surface area contributed by atoms with E-state index in [1.165, 1.54) is 32.1 Å². The van der Waals surface area contributed by atoms with E-state index in [2.05, 4.69) is 27.0 Å². The lowest BCUT2D eigenvalue weighted by Crippen LogP contribution is -2.48. The van der Waals surface area contributed by atoms with E-state index in [0.717, 1.165) is 53.0 Å². The number of aromatic amines is 1. The highest BCUT2D eigenvalue weighted by atomic mass is 16.2. The molecule has 2 aromatic heterocycles. The maximum atomic E-state index is 13.3. The SMILES string of the molecule is CC1C2CCCC1CC(N1CCc3n[nH]c4nccc(c34)C1=O)C2. The number of pyridine rings is 1. The molecule has 1 amide bonds.